The van der Waals surface area contributed by atoms with E-state index in [4.69, 9.17) is 0 Å². The average Bonchev–Trinajstić information content (AvgIpc) is 2.29. The molecular formula is C16H26O. The van der Waals surface area contributed by atoms with Crippen LogP contribution in [0.15, 0.2) is 24.3 Å². The minimum Gasteiger partial charge on any atom is -0.393 e. The zero-order chi connectivity index (χ0) is 12.8. The molecule has 1 rings (SSSR count). The van der Waals surface area contributed by atoms with Crippen LogP contribution in [0.3, 0.4) is 0 Å². The molecule has 0 heterocycles. The molecule has 0 aliphatic heterocycles. The first-order valence-electron chi connectivity index (χ1n) is 6.77. The molecule has 0 saturated carbocycles. The van der Waals surface area contributed by atoms with Gasteiger partial charge in [-0.15, -0.1) is 0 Å². The molecule has 0 radical (unpaired) electrons. The van der Waals surface area contributed by atoms with Crippen molar-refractivity contribution in [2.24, 2.45) is 5.92 Å². The first kappa shape index (κ1) is 14.2. The van der Waals surface area contributed by atoms with E-state index < -0.39 is 0 Å². The maximum atomic E-state index is 9.72. The second kappa shape index (κ2) is 6.80. The molecule has 0 fully saturated rings. The zero-order valence-corrected chi connectivity index (χ0v) is 11.6. The molecule has 1 nitrogen and oxygen atoms in total. The molecule has 1 aromatic rings. The Morgan fingerprint density at radius 3 is 2.06 bits per heavy atom. The molecule has 0 aliphatic carbocycles. The summed E-state index contributed by atoms with van der Waals surface area (Å²) in [6, 6.07) is 8.88. The van der Waals surface area contributed by atoms with E-state index in [1.54, 1.807) is 0 Å². The van der Waals surface area contributed by atoms with E-state index in [1.807, 2.05) is 0 Å². The van der Waals surface area contributed by atoms with E-state index in [2.05, 4.69) is 52.0 Å². The maximum absolute atomic E-state index is 9.72. The number of aryl methyl sites for hydroxylation is 1. The fourth-order valence-corrected chi connectivity index (χ4v) is 1.92. The van der Waals surface area contributed by atoms with Crippen molar-refractivity contribution in [1.29, 1.82) is 0 Å². The summed E-state index contributed by atoms with van der Waals surface area (Å²) in [5.41, 5.74) is 2.78. The molecule has 1 atom stereocenters. The van der Waals surface area contributed by atoms with Crippen LogP contribution >= 0.6 is 0 Å². The highest BCUT2D eigenvalue weighted by Crippen LogP contribution is 2.16. The van der Waals surface area contributed by atoms with Crippen LogP contribution < -0.4 is 0 Å². The summed E-state index contributed by atoms with van der Waals surface area (Å²) in [7, 11) is 0. The lowest BCUT2D eigenvalue weighted by molar-refractivity contribution is 0.114. The van der Waals surface area contributed by atoms with Gasteiger partial charge in [-0.3, -0.25) is 0 Å². The smallest absolute Gasteiger partial charge is 0.0563 e. The second-order valence-corrected chi connectivity index (χ2v) is 5.60. The fourth-order valence-electron chi connectivity index (χ4n) is 1.92. The summed E-state index contributed by atoms with van der Waals surface area (Å²) >= 11 is 0. The first-order valence-corrected chi connectivity index (χ1v) is 6.77. The molecule has 0 spiro atoms. The number of hydrogen-bond donors (Lipinski definition) is 1. The number of aliphatic hydroxyl groups is 1. The van der Waals surface area contributed by atoms with E-state index in [0.29, 0.717) is 11.8 Å². The lowest BCUT2D eigenvalue weighted by atomic mass is 9.97. The van der Waals surface area contributed by atoms with Crippen molar-refractivity contribution in [3.8, 4) is 0 Å². The molecule has 1 aromatic carbocycles. The Bertz CT molecular complexity index is 311. The Morgan fingerprint density at radius 2 is 1.59 bits per heavy atom. The van der Waals surface area contributed by atoms with Crippen LogP contribution in [0.5, 0.6) is 0 Å². The molecular weight excluding hydrogens is 208 g/mol. The van der Waals surface area contributed by atoms with Crippen molar-refractivity contribution in [3.05, 3.63) is 35.4 Å². The van der Waals surface area contributed by atoms with Gasteiger partial charge in [0.25, 0.3) is 0 Å². The SMILES string of the molecule is CC(C)c1ccc(CCCC(O)C(C)C)cc1. The Morgan fingerprint density at radius 1 is 1.00 bits per heavy atom. The number of benzene rings is 1. The maximum Gasteiger partial charge on any atom is 0.0563 e. The van der Waals surface area contributed by atoms with Gasteiger partial charge in [-0.05, 0) is 42.2 Å². The third kappa shape index (κ3) is 4.91. The zero-order valence-electron chi connectivity index (χ0n) is 11.6. The number of rotatable bonds is 6. The molecule has 0 saturated heterocycles. The summed E-state index contributed by atoms with van der Waals surface area (Å²) in [4.78, 5) is 0. The highest BCUT2D eigenvalue weighted by atomic mass is 16.3. The lowest BCUT2D eigenvalue weighted by Crippen LogP contribution is -2.14. The van der Waals surface area contributed by atoms with Crippen LogP contribution in [-0.4, -0.2) is 11.2 Å². The minimum atomic E-state index is -0.148. The fraction of sp³-hybridized carbons (Fsp3) is 0.625. The summed E-state index contributed by atoms with van der Waals surface area (Å²) in [5, 5.41) is 9.72. The molecule has 0 amide bonds. The molecule has 96 valence electrons. The molecule has 17 heavy (non-hydrogen) atoms. The van der Waals surface area contributed by atoms with Gasteiger partial charge in [-0.2, -0.15) is 0 Å². The van der Waals surface area contributed by atoms with Crippen LogP contribution in [0.2, 0.25) is 0 Å². The van der Waals surface area contributed by atoms with Crippen molar-refractivity contribution >= 4 is 0 Å². The highest BCUT2D eigenvalue weighted by molar-refractivity contribution is 5.24. The molecule has 1 N–H and O–H groups in total. The predicted octanol–water partition coefficient (Wildman–Crippen LogP) is 4.15. The lowest BCUT2D eigenvalue weighted by Gasteiger charge is -2.14. The van der Waals surface area contributed by atoms with E-state index in [-0.39, 0.29) is 6.10 Å². The van der Waals surface area contributed by atoms with E-state index in [9.17, 15) is 5.11 Å². The van der Waals surface area contributed by atoms with Gasteiger partial charge < -0.3 is 5.11 Å². The Kier molecular flexibility index (Phi) is 5.70. The Hall–Kier alpha value is -0.820. The third-order valence-electron chi connectivity index (χ3n) is 3.38. The first-order chi connectivity index (χ1) is 8.00. The molecule has 0 bridgehead atoms. The van der Waals surface area contributed by atoms with Crippen molar-refractivity contribution in [3.63, 3.8) is 0 Å². The molecule has 1 unspecified atom stereocenters. The predicted molar refractivity (Wildman–Crippen MR) is 74.3 cm³/mol. The van der Waals surface area contributed by atoms with Crippen molar-refractivity contribution < 1.29 is 5.11 Å². The van der Waals surface area contributed by atoms with Crippen molar-refractivity contribution in [2.75, 3.05) is 0 Å². The Labute approximate surface area is 106 Å². The number of aliphatic hydroxyl groups excluding tert-OH is 1. The standard InChI is InChI=1S/C16H26O/c1-12(2)15-10-8-14(9-11-15)6-5-7-16(17)13(3)4/h8-13,16-17H,5-7H2,1-4H3. The summed E-state index contributed by atoms with van der Waals surface area (Å²) in [6.45, 7) is 8.58. The molecule has 0 aromatic heterocycles. The van der Waals surface area contributed by atoms with Crippen molar-refractivity contribution in [1.82, 2.24) is 0 Å². The van der Waals surface area contributed by atoms with Gasteiger partial charge in [0.05, 0.1) is 6.10 Å². The monoisotopic (exact) mass is 234 g/mol. The Balaban J connectivity index is 2.37. The van der Waals surface area contributed by atoms with Gasteiger partial charge in [-0.1, -0.05) is 52.0 Å². The van der Waals surface area contributed by atoms with Crippen LogP contribution in [-0.2, 0) is 6.42 Å². The largest absolute Gasteiger partial charge is 0.393 e. The average molecular weight is 234 g/mol. The summed E-state index contributed by atoms with van der Waals surface area (Å²) < 4.78 is 0. The van der Waals surface area contributed by atoms with E-state index in [1.165, 1.54) is 11.1 Å². The second-order valence-electron chi connectivity index (χ2n) is 5.60. The van der Waals surface area contributed by atoms with Gasteiger partial charge in [-0.25, -0.2) is 0 Å². The van der Waals surface area contributed by atoms with Crippen LogP contribution in [0.4, 0.5) is 0 Å². The van der Waals surface area contributed by atoms with E-state index >= 15 is 0 Å². The van der Waals surface area contributed by atoms with Crippen LogP contribution in [0.25, 0.3) is 0 Å². The minimum absolute atomic E-state index is 0.148. The van der Waals surface area contributed by atoms with Crippen LogP contribution in [0.1, 0.15) is 57.6 Å². The molecule has 0 aliphatic rings. The molecule has 1 heteroatoms. The van der Waals surface area contributed by atoms with Crippen molar-refractivity contribution in [2.45, 2.75) is 59.0 Å². The summed E-state index contributed by atoms with van der Waals surface area (Å²) in [6.07, 6.45) is 2.90. The van der Waals surface area contributed by atoms with E-state index in [0.717, 1.165) is 19.3 Å². The van der Waals surface area contributed by atoms with Gasteiger partial charge in [0.1, 0.15) is 0 Å². The van der Waals surface area contributed by atoms with Gasteiger partial charge >= 0.3 is 0 Å². The van der Waals surface area contributed by atoms with Gasteiger partial charge in [0, 0.05) is 0 Å². The van der Waals surface area contributed by atoms with Gasteiger partial charge in [0.15, 0.2) is 0 Å². The quantitative estimate of drug-likeness (QED) is 0.784. The highest BCUT2D eigenvalue weighted by Gasteiger charge is 2.08. The number of hydrogen-bond acceptors (Lipinski definition) is 1. The summed E-state index contributed by atoms with van der Waals surface area (Å²) in [5.74, 6) is 0.977. The third-order valence-corrected chi connectivity index (χ3v) is 3.38. The topological polar surface area (TPSA) is 20.2 Å². The van der Waals surface area contributed by atoms with Crippen LogP contribution in [0, 0.1) is 5.92 Å². The normalized spacial score (nSPS) is 13.4. The van der Waals surface area contributed by atoms with Gasteiger partial charge in [0.2, 0.25) is 0 Å².